The summed E-state index contributed by atoms with van der Waals surface area (Å²) in [5, 5.41) is 8.84. The number of carboxylic acids is 1. The summed E-state index contributed by atoms with van der Waals surface area (Å²) >= 11 is 0. The lowest BCUT2D eigenvalue weighted by molar-refractivity contribution is -0.189. The highest BCUT2D eigenvalue weighted by atomic mass is 19.4. The van der Waals surface area contributed by atoms with Crippen LogP contribution in [0.3, 0.4) is 0 Å². The van der Waals surface area contributed by atoms with E-state index in [2.05, 4.69) is 0 Å². The molecule has 1 saturated carbocycles. The molecule has 1 amide bonds. The molecule has 2 atom stereocenters. The van der Waals surface area contributed by atoms with E-state index in [1.165, 1.54) is 0 Å². The van der Waals surface area contributed by atoms with Crippen molar-refractivity contribution in [2.75, 3.05) is 6.54 Å². The predicted octanol–water partition coefficient (Wildman–Crippen LogP) is 0.624. The Morgan fingerprint density at radius 3 is 2.40 bits per heavy atom. The number of fused-ring (bicyclic) bond motifs is 1. The second kappa shape index (κ2) is 2.65. The summed E-state index contributed by atoms with van der Waals surface area (Å²) in [6.07, 6.45) is -4.50. The molecule has 84 valence electrons. The van der Waals surface area contributed by atoms with Gasteiger partial charge in [0.25, 0.3) is 0 Å². The average molecular weight is 223 g/mol. The van der Waals surface area contributed by atoms with Crippen LogP contribution in [0.1, 0.15) is 12.8 Å². The maximum atomic E-state index is 12.1. The number of aliphatic carboxylic acids is 1. The molecule has 1 aliphatic heterocycles. The number of carbonyl (C=O) groups excluding carboxylic acids is 1. The Balaban J connectivity index is 2.25. The normalized spacial score (nSPS) is 33.8. The summed E-state index contributed by atoms with van der Waals surface area (Å²) in [6, 6.07) is 0. The third-order valence-electron chi connectivity index (χ3n) is 3.11. The number of amides is 1. The van der Waals surface area contributed by atoms with E-state index in [1.54, 1.807) is 0 Å². The monoisotopic (exact) mass is 223 g/mol. The Bertz CT molecular complexity index is 341. The molecule has 0 bridgehead atoms. The highest BCUT2D eigenvalue weighted by molar-refractivity contribution is 5.93. The topological polar surface area (TPSA) is 57.6 Å². The minimum absolute atomic E-state index is 0.116. The number of piperidine rings is 1. The van der Waals surface area contributed by atoms with Crippen LogP contribution < -0.4 is 0 Å². The van der Waals surface area contributed by atoms with Gasteiger partial charge in [-0.1, -0.05) is 0 Å². The van der Waals surface area contributed by atoms with E-state index in [1.807, 2.05) is 0 Å². The van der Waals surface area contributed by atoms with Crippen molar-refractivity contribution in [3.63, 3.8) is 0 Å². The van der Waals surface area contributed by atoms with E-state index in [0.29, 0.717) is 11.3 Å². The standard InChI is InChI=1S/C8H8F3NO3/c9-8(10,11)5(13)12-2-1-4-3-7(4,12)6(14)15/h4H,1-3H2,(H,14,15)/t4-,7+/m1/s1. The van der Waals surface area contributed by atoms with Gasteiger partial charge in [-0.2, -0.15) is 13.2 Å². The van der Waals surface area contributed by atoms with Crippen molar-refractivity contribution in [3.8, 4) is 0 Å². The first-order chi connectivity index (χ1) is 6.80. The van der Waals surface area contributed by atoms with Gasteiger partial charge in [-0.3, -0.25) is 4.79 Å². The zero-order valence-corrected chi connectivity index (χ0v) is 7.54. The lowest BCUT2D eigenvalue weighted by Gasteiger charge is -2.25. The maximum Gasteiger partial charge on any atom is 0.471 e. The fourth-order valence-corrected chi connectivity index (χ4v) is 2.29. The zero-order valence-electron chi connectivity index (χ0n) is 7.54. The molecule has 4 nitrogen and oxygen atoms in total. The number of alkyl halides is 3. The molecule has 15 heavy (non-hydrogen) atoms. The van der Waals surface area contributed by atoms with Gasteiger partial charge in [-0.15, -0.1) is 0 Å². The second-order valence-electron chi connectivity index (χ2n) is 3.87. The molecule has 1 saturated heterocycles. The fraction of sp³-hybridized carbons (Fsp3) is 0.750. The van der Waals surface area contributed by atoms with Crippen LogP contribution in [-0.4, -0.2) is 40.1 Å². The largest absolute Gasteiger partial charge is 0.479 e. The number of likely N-dealkylation sites (tertiary alicyclic amines) is 1. The number of hydrogen-bond acceptors (Lipinski definition) is 2. The molecule has 0 aromatic heterocycles. The van der Waals surface area contributed by atoms with Crippen LogP contribution in [0.25, 0.3) is 0 Å². The van der Waals surface area contributed by atoms with Gasteiger partial charge in [0.15, 0.2) is 0 Å². The molecule has 0 spiro atoms. The molecule has 0 aromatic carbocycles. The third kappa shape index (κ3) is 1.22. The van der Waals surface area contributed by atoms with E-state index in [4.69, 9.17) is 5.11 Å². The van der Waals surface area contributed by atoms with Gasteiger partial charge in [0.2, 0.25) is 0 Å². The first kappa shape index (κ1) is 10.3. The summed E-state index contributed by atoms with van der Waals surface area (Å²) in [6.45, 7) is -0.116. The number of carbonyl (C=O) groups is 2. The van der Waals surface area contributed by atoms with Crippen molar-refractivity contribution in [2.24, 2.45) is 5.92 Å². The van der Waals surface area contributed by atoms with Crippen molar-refractivity contribution < 1.29 is 27.9 Å². The molecule has 1 aliphatic carbocycles. The van der Waals surface area contributed by atoms with Gasteiger partial charge >= 0.3 is 18.1 Å². The average Bonchev–Trinajstić information content (AvgIpc) is 2.72. The van der Waals surface area contributed by atoms with Gasteiger partial charge in [0, 0.05) is 6.54 Å². The van der Waals surface area contributed by atoms with E-state index in [-0.39, 0.29) is 18.9 Å². The zero-order chi connectivity index (χ0) is 11.4. The minimum atomic E-state index is -4.99. The fourth-order valence-electron chi connectivity index (χ4n) is 2.29. The van der Waals surface area contributed by atoms with Crippen molar-refractivity contribution in [1.82, 2.24) is 4.90 Å². The number of carboxylic acid groups (broad SMARTS) is 1. The number of nitrogens with zero attached hydrogens (tertiary/aromatic N) is 1. The molecule has 1 N–H and O–H groups in total. The Morgan fingerprint density at radius 2 is 2.00 bits per heavy atom. The smallest absolute Gasteiger partial charge is 0.471 e. The Labute approximate surface area is 82.7 Å². The number of rotatable bonds is 1. The van der Waals surface area contributed by atoms with Gasteiger partial charge < -0.3 is 10.0 Å². The number of halogens is 3. The van der Waals surface area contributed by atoms with E-state index < -0.39 is 23.6 Å². The molecule has 2 rings (SSSR count). The Hall–Kier alpha value is -1.27. The summed E-state index contributed by atoms with van der Waals surface area (Å²) in [7, 11) is 0. The van der Waals surface area contributed by atoms with Crippen LogP contribution >= 0.6 is 0 Å². The first-order valence-corrected chi connectivity index (χ1v) is 4.42. The Morgan fingerprint density at radius 1 is 1.40 bits per heavy atom. The summed E-state index contributed by atoms with van der Waals surface area (Å²) in [4.78, 5) is 22.3. The van der Waals surface area contributed by atoms with Crippen LogP contribution in [0.15, 0.2) is 0 Å². The SMILES string of the molecule is O=C(N1CC[C@@H]2C[C@@]21C(=O)O)C(F)(F)F. The molecular formula is C8H8F3NO3. The highest BCUT2D eigenvalue weighted by Gasteiger charge is 2.71. The summed E-state index contributed by atoms with van der Waals surface area (Å²) in [5.74, 6) is -3.67. The molecule has 1 heterocycles. The van der Waals surface area contributed by atoms with Gasteiger partial charge in [0.1, 0.15) is 5.54 Å². The van der Waals surface area contributed by atoms with Crippen LogP contribution in [-0.2, 0) is 9.59 Å². The molecule has 7 heteroatoms. The Kier molecular flexibility index (Phi) is 1.81. The quantitative estimate of drug-likeness (QED) is 0.709. The van der Waals surface area contributed by atoms with Gasteiger partial charge in [0.05, 0.1) is 0 Å². The minimum Gasteiger partial charge on any atom is -0.479 e. The van der Waals surface area contributed by atoms with Crippen molar-refractivity contribution in [3.05, 3.63) is 0 Å². The third-order valence-corrected chi connectivity index (χ3v) is 3.11. The van der Waals surface area contributed by atoms with E-state index >= 15 is 0 Å². The van der Waals surface area contributed by atoms with Crippen molar-refractivity contribution >= 4 is 11.9 Å². The van der Waals surface area contributed by atoms with Crippen LogP contribution in [0, 0.1) is 5.92 Å². The second-order valence-corrected chi connectivity index (χ2v) is 3.87. The molecule has 2 aliphatic rings. The van der Waals surface area contributed by atoms with Crippen LogP contribution in [0.4, 0.5) is 13.2 Å². The summed E-state index contributed by atoms with van der Waals surface area (Å²) < 4.78 is 36.4. The maximum absolute atomic E-state index is 12.1. The van der Waals surface area contributed by atoms with Crippen molar-refractivity contribution in [2.45, 2.75) is 24.6 Å². The van der Waals surface area contributed by atoms with E-state index in [9.17, 15) is 22.8 Å². The van der Waals surface area contributed by atoms with Gasteiger partial charge in [-0.25, -0.2) is 4.79 Å². The van der Waals surface area contributed by atoms with Gasteiger partial charge in [-0.05, 0) is 18.8 Å². The lowest BCUT2D eigenvalue weighted by atomic mass is 10.2. The lowest BCUT2D eigenvalue weighted by Crippen LogP contribution is -2.50. The molecule has 0 unspecified atom stereocenters. The van der Waals surface area contributed by atoms with Crippen molar-refractivity contribution in [1.29, 1.82) is 0 Å². The highest BCUT2D eigenvalue weighted by Crippen LogP contribution is 2.56. The number of hydrogen-bond donors (Lipinski definition) is 1. The van der Waals surface area contributed by atoms with Crippen LogP contribution in [0.5, 0.6) is 0 Å². The van der Waals surface area contributed by atoms with E-state index in [0.717, 1.165) is 0 Å². The summed E-state index contributed by atoms with van der Waals surface area (Å²) in [5.41, 5.74) is -1.56. The van der Waals surface area contributed by atoms with Crippen LogP contribution in [0.2, 0.25) is 0 Å². The molecule has 0 radical (unpaired) electrons. The molecule has 2 fully saturated rings. The first-order valence-electron chi connectivity index (χ1n) is 4.42. The predicted molar refractivity (Wildman–Crippen MR) is 40.9 cm³/mol. The molecule has 0 aromatic rings. The molecular weight excluding hydrogens is 215 g/mol.